The number of carbonyl (C=O) groups excluding carboxylic acids is 1. The summed E-state index contributed by atoms with van der Waals surface area (Å²) in [5.74, 6) is -0.937. The molecule has 0 heterocycles. The minimum atomic E-state index is -3.17. The predicted octanol–water partition coefficient (Wildman–Crippen LogP) is 2.12. The Morgan fingerprint density at radius 3 is 2.57 bits per heavy atom. The highest BCUT2D eigenvalue weighted by atomic mass is 79.9. The zero-order chi connectivity index (χ0) is 16.9. The molecule has 9 heteroatoms. The lowest BCUT2D eigenvalue weighted by molar-refractivity contribution is -0.133. The minimum absolute atomic E-state index is 0. The van der Waals surface area contributed by atoms with Crippen LogP contribution in [0.25, 0.3) is 0 Å². The maximum Gasteiger partial charge on any atom is 0.239 e. The molecule has 0 radical (unpaired) electrons. The van der Waals surface area contributed by atoms with Gasteiger partial charge in [-0.15, -0.1) is 12.4 Å². The number of halogens is 3. The van der Waals surface area contributed by atoms with Gasteiger partial charge in [0.25, 0.3) is 0 Å². The minimum Gasteiger partial charge on any atom is -0.337 e. The van der Waals surface area contributed by atoms with Crippen molar-refractivity contribution in [2.75, 3.05) is 18.6 Å². The third-order valence-corrected chi connectivity index (χ3v) is 4.65. The number of nitrogens with two attached hydrogens (primary N) is 1. The van der Waals surface area contributed by atoms with Crippen LogP contribution in [0.1, 0.15) is 18.9 Å². The Morgan fingerprint density at radius 1 is 1.43 bits per heavy atom. The molecule has 0 fully saturated rings. The Kier molecular flexibility index (Phi) is 9.27. The zero-order valence-corrected chi connectivity index (χ0v) is 16.2. The Hall–Kier alpha value is -0.700. The molecule has 1 amide bonds. The molecule has 0 saturated carbocycles. The van der Waals surface area contributed by atoms with Gasteiger partial charge >= 0.3 is 0 Å². The molecule has 0 spiro atoms. The van der Waals surface area contributed by atoms with Crippen molar-refractivity contribution in [1.29, 1.82) is 0 Å². The number of rotatable bonds is 7. The highest BCUT2D eigenvalue weighted by Gasteiger charge is 2.22. The van der Waals surface area contributed by atoms with Crippen molar-refractivity contribution < 1.29 is 17.6 Å². The summed E-state index contributed by atoms with van der Waals surface area (Å²) < 4.78 is 36.8. The van der Waals surface area contributed by atoms with Crippen molar-refractivity contribution in [3.8, 4) is 0 Å². The Bertz CT molecular complexity index is 643. The van der Waals surface area contributed by atoms with E-state index in [1.807, 2.05) is 0 Å². The molecule has 0 saturated heterocycles. The molecule has 0 aliphatic carbocycles. The third kappa shape index (κ3) is 7.60. The van der Waals surface area contributed by atoms with Crippen molar-refractivity contribution in [3.63, 3.8) is 0 Å². The molecule has 1 aromatic rings. The molecule has 0 aromatic heterocycles. The van der Waals surface area contributed by atoms with E-state index in [0.717, 1.165) is 6.26 Å². The van der Waals surface area contributed by atoms with Gasteiger partial charge in [-0.05, 0) is 31.5 Å². The second-order valence-electron chi connectivity index (χ2n) is 5.11. The first-order valence-corrected chi connectivity index (χ1v) is 9.65. The summed E-state index contributed by atoms with van der Waals surface area (Å²) in [6.07, 6.45) is 1.15. The molecule has 1 atom stereocenters. The van der Waals surface area contributed by atoms with E-state index in [1.165, 1.54) is 11.0 Å². The maximum atomic E-state index is 13.8. The SMILES string of the molecule is CCN(Cc1cc(Br)ccc1F)C(=O)C(N)CCS(C)(=O)=O.Cl. The van der Waals surface area contributed by atoms with Gasteiger partial charge in [0.2, 0.25) is 5.91 Å². The molecule has 0 aliphatic heterocycles. The topological polar surface area (TPSA) is 80.5 Å². The van der Waals surface area contributed by atoms with Crippen LogP contribution in [0.15, 0.2) is 22.7 Å². The van der Waals surface area contributed by atoms with Crippen LogP contribution in [0.5, 0.6) is 0 Å². The van der Waals surface area contributed by atoms with Gasteiger partial charge in [0.05, 0.1) is 11.8 Å². The number of benzene rings is 1. The smallest absolute Gasteiger partial charge is 0.239 e. The Labute approximate surface area is 150 Å². The lowest BCUT2D eigenvalue weighted by Gasteiger charge is -2.24. The fourth-order valence-electron chi connectivity index (χ4n) is 1.91. The molecule has 5 nitrogen and oxygen atoms in total. The molecule has 1 unspecified atom stereocenters. The number of amides is 1. The van der Waals surface area contributed by atoms with Crippen LogP contribution in [0.2, 0.25) is 0 Å². The second kappa shape index (κ2) is 9.56. The van der Waals surface area contributed by atoms with Crippen LogP contribution in [-0.4, -0.2) is 43.8 Å². The standard InChI is InChI=1S/C14H20BrFN2O3S.ClH/c1-3-18(9-10-8-11(15)4-5-12(10)16)14(19)13(17)6-7-22(2,20)21;/h4-5,8,13H,3,6-7,9,17H2,1-2H3;1H. The van der Waals surface area contributed by atoms with Gasteiger partial charge in [0.15, 0.2) is 0 Å². The van der Waals surface area contributed by atoms with E-state index in [2.05, 4.69) is 15.9 Å². The number of carbonyl (C=O) groups is 1. The van der Waals surface area contributed by atoms with E-state index in [9.17, 15) is 17.6 Å². The van der Waals surface area contributed by atoms with Crippen molar-refractivity contribution in [3.05, 3.63) is 34.1 Å². The van der Waals surface area contributed by atoms with E-state index in [1.54, 1.807) is 19.1 Å². The Balaban J connectivity index is 0.00000484. The van der Waals surface area contributed by atoms with Crippen LogP contribution < -0.4 is 5.73 Å². The first-order valence-electron chi connectivity index (χ1n) is 6.80. The highest BCUT2D eigenvalue weighted by molar-refractivity contribution is 9.10. The van der Waals surface area contributed by atoms with Crippen molar-refractivity contribution in [2.24, 2.45) is 5.73 Å². The van der Waals surface area contributed by atoms with E-state index in [0.29, 0.717) is 16.6 Å². The highest BCUT2D eigenvalue weighted by Crippen LogP contribution is 2.17. The summed E-state index contributed by atoms with van der Waals surface area (Å²) >= 11 is 3.26. The van der Waals surface area contributed by atoms with E-state index >= 15 is 0 Å². The molecule has 23 heavy (non-hydrogen) atoms. The van der Waals surface area contributed by atoms with E-state index < -0.39 is 21.7 Å². The van der Waals surface area contributed by atoms with Gasteiger partial charge < -0.3 is 10.6 Å². The first-order chi connectivity index (χ1) is 10.1. The number of hydrogen-bond acceptors (Lipinski definition) is 4. The van der Waals surface area contributed by atoms with Crippen molar-refractivity contribution in [2.45, 2.75) is 25.9 Å². The van der Waals surface area contributed by atoms with Gasteiger partial charge in [-0.2, -0.15) is 0 Å². The molecular formula is C14H21BrClFN2O3S. The van der Waals surface area contributed by atoms with Gasteiger partial charge in [0.1, 0.15) is 15.7 Å². The number of sulfone groups is 1. The van der Waals surface area contributed by atoms with Crippen LogP contribution in [-0.2, 0) is 21.2 Å². The van der Waals surface area contributed by atoms with Crippen molar-refractivity contribution in [1.82, 2.24) is 4.90 Å². The van der Waals surface area contributed by atoms with E-state index in [4.69, 9.17) is 5.73 Å². The monoisotopic (exact) mass is 430 g/mol. The molecule has 0 aliphatic rings. The molecular weight excluding hydrogens is 411 g/mol. The van der Waals surface area contributed by atoms with Gasteiger partial charge in [-0.1, -0.05) is 15.9 Å². The first kappa shape index (κ1) is 22.3. The summed E-state index contributed by atoms with van der Waals surface area (Å²) in [6.45, 7) is 2.21. The normalized spacial score (nSPS) is 12.4. The number of nitrogens with zero attached hydrogens (tertiary/aromatic N) is 1. The largest absolute Gasteiger partial charge is 0.337 e. The number of likely N-dealkylation sites (N-methyl/N-ethyl adjacent to an activating group) is 1. The predicted molar refractivity (Wildman–Crippen MR) is 94.7 cm³/mol. The summed E-state index contributed by atoms with van der Waals surface area (Å²) in [7, 11) is -3.17. The van der Waals surface area contributed by atoms with Gasteiger partial charge in [-0.3, -0.25) is 4.79 Å². The second-order valence-corrected chi connectivity index (χ2v) is 8.29. The van der Waals surface area contributed by atoms with Gasteiger partial charge in [0, 0.05) is 29.4 Å². The summed E-state index contributed by atoms with van der Waals surface area (Å²) in [5, 5.41) is 0. The van der Waals surface area contributed by atoms with Gasteiger partial charge in [-0.25, -0.2) is 12.8 Å². The van der Waals surface area contributed by atoms with Crippen molar-refractivity contribution >= 4 is 44.1 Å². The molecule has 1 rings (SSSR count). The maximum absolute atomic E-state index is 13.8. The lowest BCUT2D eigenvalue weighted by atomic mass is 10.1. The average Bonchev–Trinajstić information content (AvgIpc) is 2.44. The summed E-state index contributed by atoms with van der Waals surface area (Å²) in [4.78, 5) is 13.7. The summed E-state index contributed by atoms with van der Waals surface area (Å²) in [5.41, 5.74) is 6.14. The summed E-state index contributed by atoms with van der Waals surface area (Å²) in [6, 6.07) is 3.59. The Morgan fingerprint density at radius 2 is 2.04 bits per heavy atom. The molecule has 1 aromatic carbocycles. The quantitative estimate of drug-likeness (QED) is 0.717. The van der Waals surface area contributed by atoms with Crippen LogP contribution in [0.3, 0.4) is 0 Å². The molecule has 132 valence electrons. The van der Waals surface area contributed by atoms with Crippen LogP contribution in [0, 0.1) is 5.82 Å². The fourth-order valence-corrected chi connectivity index (χ4v) is 3.01. The van der Waals surface area contributed by atoms with E-state index in [-0.39, 0.29) is 37.0 Å². The third-order valence-electron chi connectivity index (χ3n) is 3.18. The molecule has 0 bridgehead atoms. The van der Waals surface area contributed by atoms with Crippen LogP contribution >= 0.6 is 28.3 Å². The number of hydrogen-bond donors (Lipinski definition) is 1. The van der Waals surface area contributed by atoms with Crippen LogP contribution in [0.4, 0.5) is 4.39 Å². The average molecular weight is 432 g/mol. The zero-order valence-electron chi connectivity index (χ0n) is 13.0. The fraction of sp³-hybridized carbons (Fsp3) is 0.500. The lowest BCUT2D eigenvalue weighted by Crippen LogP contribution is -2.44. The molecule has 2 N–H and O–H groups in total.